The van der Waals surface area contributed by atoms with Gasteiger partial charge in [0.05, 0.1) is 17.4 Å². The summed E-state index contributed by atoms with van der Waals surface area (Å²) in [6.07, 6.45) is -3.30. The van der Waals surface area contributed by atoms with E-state index in [1.807, 2.05) is 0 Å². The lowest BCUT2D eigenvalue weighted by atomic mass is 10.2. The molecule has 2 aromatic carbocycles. The van der Waals surface area contributed by atoms with Gasteiger partial charge in [-0.3, -0.25) is 4.79 Å². The number of nitrogens with one attached hydrogen (secondary N) is 1. The Morgan fingerprint density at radius 1 is 1.14 bits per heavy atom. The largest absolute Gasteiger partial charge is 0.471 e. The molecule has 2 heterocycles. The summed E-state index contributed by atoms with van der Waals surface area (Å²) >= 11 is 0. The number of halogens is 4. The highest BCUT2D eigenvalue weighted by atomic mass is 19.4. The lowest BCUT2D eigenvalue weighted by molar-refractivity contribution is -0.159. The number of benzene rings is 2. The number of amides is 1. The smallest absolute Gasteiger partial charge is 0.329 e. The number of hydrogen-bond donors (Lipinski definition) is 1. The number of carbonyl (C=O) groups excluding carboxylic acids is 1. The van der Waals surface area contributed by atoms with Crippen LogP contribution in [0.1, 0.15) is 5.89 Å². The molecule has 0 aliphatic heterocycles. The summed E-state index contributed by atoms with van der Waals surface area (Å²) in [4.78, 5) is 19.7. The van der Waals surface area contributed by atoms with E-state index in [2.05, 4.69) is 25.0 Å². The average Bonchev–Trinajstić information content (AvgIpc) is 3.31. The number of carbonyl (C=O) groups is 1. The van der Waals surface area contributed by atoms with Gasteiger partial charge < -0.3 is 14.4 Å². The van der Waals surface area contributed by atoms with Crippen LogP contribution >= 0.6 is 0 Å². The third-order valence-corrected chi connectivity index (χ3v) is 3.99. The molecular formula is C18H11F4N5O2. The van der Waals surface area contributed by atoms with E-state index in [1.165, 1.54) is 42.7 Å². The highest BCUT2D eigenvalue weighted by molar-refractivity contribution is 5.91. The van der Waals surface area contributed by atoms with E-state index in [0.29, 0.717) is 16.7 Å². The van der Waals surface area contributed by atoms with Crippen LogP contribution in [0.15, 0.2) is 53.3 Å². The quantitative estimate of drug-likeness (QED) is 0.521. The van der Waals surface area contributed by atoms with E-state index in [4.69, 9.17) is 0 Å². The van der Waals surface area contributed by atoms with Crippen LogP contribution in [-0.4, -0.2) is 25.6 Å². The summed E-state index contributed by atoms with van der Waals surface area (Å²) in [6, 6.07) is 9.92. The van der Waals surface area contributed by atoms with Gasteiger partial charge in [0.25, 0.3) is 0 Å². The molecule has 29 heavy (non-hydrogen) atoms. The third-order valence-electron chi connectivity index (χ3n) is 3.99. The van der Waals surface area contributed by atoms with Crippen molar-refractivity contribution >= 4 is 22.6 Å². The van der Waals surface area contributed by atoms with Gasteiger partial charge in [0, 0.05) is 11.3 Å². The SMILES string of the molecule is O=C(Cn1cnc2cc(-c3noc(C(F)(F)F)n3)ccc21)Nc1ccc(F)cc1. The van der Waals surface area contributed by atoms with Crippen molar-refractivity contribution in [2.45, 2.75) is 12.7 Å². The molecule has 0 aliphatic carbocycles. The molecule has 4 aromatic rings. The standard InChI is InChI=1S/C18H11F4N5O2/c19-11-2-4-12(5-3-11)24-15(28)8-27-9-23-13-7-10(1-6-14(13)27)16-25-17(29-26-16)18(20,21)22/h1-7,9H,8H2,(H,24,28). The normalized spacial score (nSPS) is 11.7. The van der Waals surface area contributed by atoms with Crippen molar-refractivity contribution in [1.29, 1.82) is 0 Å². The van der Waals surface area contributed by atoms with Crippen molar-refractivity contribution in [2.75, 3.05) is 5.32 Å². The van der Waals surface area contributed by atoms with Crippen LogP contribution in [-0.2, 0) is 17.5 Å². The minimum atomic E-state index is -4.73. The van der Waals surface area contributed by atoms with E-state index < -0.39 is 17.9 Å². The predicted octanol–water partition coefficient (Wildman–Crippen LogP) is 3.88. The van der Waals surface area contributed by atoms with Crippen LogP contribution < -0.4 is 5.32 Å². The molecule has 4 rings (SSSR count). The summed E-state index contributed by atoms with van der Waals surface area (Å²) in [6.45, 7) is -0.0618. The highest BCUT2D eigenvalue weighted by Crippen LogP contribution is 2.30. The van der Waals surface area contributed by atoms with Crippen molar-refractivity contribution in [3.63, 3.8) is 0 Å². The van der Waals surface area contributed by atoms with Crippen LogP contribution in [0, 0.1) is 5.82 Å². The van der Waals surface area contributed by atoms with Gasteiger partial charge in [-0.2, -0.15) is 18.2 Å². The molecule has 2 aromatic heterocycles. The minimum absolute atomic E-state index is 0.0618. The molecule has 0 saturated heterocycles. The molecule has 0 fully saturated rings. The van der Waals surface area contributed by atoms with E-state index in [1.54, 1.807) is 10.6 Å². The van der Waals surface area contributed by atoms with Crippen molar-refractivity contribution in [2.24, 2.45) is 0 Å². The van der Waals surface area contributed by atoms with Gasteiger partial charge in [-0.05, 0) is 42.5 Å². The average molecular weight is 405 g/mol. The predicted molar refractivity (Wildman–Crippen MR) is 93.1 cm³/mol. The number of anilines is 1. The van der Waals surface area contributed by atoms with Crippen molar-refractivity contribution in [1.82, 2.24) is 19.7 Å². The fourth-order valence-corrected chi connectivity index (χ4v) is 2.67. The van der Waals surface area contributed by atoms with Gasteiger partial charge >= 0.3 is 12.1 Å². The zero-order chi connectivity index (χ0) is 20.6. The van der Waals surface area contributed by atoms with E-state index in [9.17, 15) is 22.4 Å². The molecule has 0 saturated carbocycles. The summed E-state index contributed by atoms with van der Waals surface area (Å²) in [5, 5.41) is 5.97. The van der Waals surface area contributed by atoms with E-state index >= 15 is 0 Å². The molecule has 0 unspecified atom stereocenters. The molecule has 1 N–H and O–H groups in total. The van der Waals surface area contributed by atoms with Gasteiger partial charge in [0.2, 0.25) is 11.7 Å². The van der Waals surface area contributed by atoms with E-state index in [0.717, 1.165) is 0 Å². The number of imidazole rings is 1. The summed E-state index contributed by atoms with van der Waals surface area (Å²) in [7, 11) is 0. The molecular weight excluding hydrogens is 394 g/mol. The van der Waals surface area contributed by atoms with E-state index in [-0.39, 0.29) is 23.8 Å². The molecule has 148 valence electrons. The van der Waals surface area contributed by atoms with Crippen LogP contribution in [0.5, 0.6) is 0 Å². The zero-order valence-electron chi connectivity index (χ0n) is 14.4. The molecule has 11 heteroatoms. The molecule has 0 aliphatic rings. The minimum Gasteiger partial charge on any atom is -0.329 e. The van der Waals surface area contributed by atoms with Gasteiger partial charge in [-0.25, -0.2) is 9.37 Å². The van der Waals surface area contributed by atoms with Crippen molar-refractivity contribution in [3.8, 4) is 11.4 Å². The Morgan fingerprint density at radius 2 is 1.90 bits per heavy atom. The number of alkyl halides is 3. The number of fused-ring (bicyclic) bond motifs is 1. The third kappa shape index (κ3) is 3.93. The first kappa shape index (κ1) is 18.6. The van der Waals surface area contributed by atoms with Crippen LogP contribution in [0.25, 0.3) is 22.4 Å². The first-order chi connectivity index (χ1) is 13.8. The Balaban J connectivity index is 1.53. The summed E-state index contributed by atoms with van der Waals surface area (Å²) < 4.78 is 56.5. The first-order valence-corrected chi connectivity index (χ1v) is 8.21. The Labute approximate surface area is 160 Å². The monoisotopic (exact) mass is 405 g/mol. The molecule has 7 nitrogen and oxygen atoms in total. The van der Waals surface area contributed by atoms with Gasteiger partial charge in [0.15, 0.2) is 0 Å². The molecule has 1 amide bonds. The summed E-state index contributed by atoms with van der Waals surface area (Å²) in [5.74, 6) is -2.42. The fraction of sp³-hybridized carbons (Fsp3) is 0.111. The molecule has 0 atom stereocenters. The highest BCUT2D eigenvalue weighted by Gasteiger charge is 2.38. The Bertz CT molecular complexity index is 1180. The maximum absolute atomic E-state index is 12.9. The maximum atomic E-state index is 12.9. The van der Waals surface area contributed by atoms with Gasteiger partial charge in [-0.15, -0.1) is 0 Å². The Morgan fingerprint density at radius 3 is 2.59 bits per heavy atom. The van der Waals surface area contributed by atoms with Gasteiger partial charge in [-0.1, -0.05) is 5.16 Å². The number of hydrogen-bond acceptors (Lipinski definition) is 5. The van der Waals surface area contributed by atoms with Crippen molar-refractivity contribution < 1.29 is 26.9 Å². The van der Waals surface area contributed by atoms with Crippen LogP contribution in [0.2, 0.25) is 0 Å². The molecule has 0 radical (unpaired) electrons. The van der Waals surface area contributed by atoms with Crippen molar-refractivity contribution in [3.05, 3.63) is 60.5 Å². The Hall–Kier alpha value is -3.76. The number of rotatable bonds is 4. The fourth-order valence-electron chi connectivity index (χ4n) is 2.67. The lowest BCUT2D eigenvalue weighted by Gasteiger charge is -2.07. The molecule has 0 bridgehead atoms. The second-order valence-electron chi connectivity index (χ2n) is 6.05. The zero-order valence-corrected chi connectivity index (χ0v) is 14.4. The summed E-state index contributed by atoms with van der Waals surface area (Å²) in [5.41, 5.74) is 1.76. The second kappa shape index (κ2) is 7.00. The van der Waals surface area contributed by atoms with Crippen LogP contribution in [0.3, 0.4) is 0 Å². The van der Waals surface area contributed by atoms with Crippen LogP contribution in [0.4, 0.5) is 23.2 Å². The number of aromatic nitrogens is 4. The topological polar surface area (TPSA) is 85.8 Å². The second-order valence-corrected chi connectivity index (χ2v) is 6.05. The Kier molecular flexibility index (Phi) is 4.49. The first-order valence-electron chi connectivity index (χ1n) is 8.21. The lowest BCUT2D eigenvalue weighted by Crippen LogP contribution is -2.18. The number of nitrogens with zero attached hydrogens (tertiary/aromatic N) is 4. The molecule has 0 spiro atoms. The maximum Gasteiger partial charge on any atom is 0.471 e. The van der Waals surface area contributed by atoms with Gasteiger partial charge in [0.1, 0.15) is 12.4 Å².